The van der Waals surface area contributed by atoms with Crippen molar-refractivity contribution in [1.29, 1.82) is 0 Å². The van der Waals surface area contributed by atoms with Gasteiger partial charge in [-0.15, -0.1) is 0 Å². The largest absolute Gasteiger partial charge is 0.491 e. The molecule has 0 spiro atoms. The van der Waals surface area contributed by atoms with E-state index in [0.717, 1.165) is 23.6 Å². The van der Waals surface area contributed by atoms with Gasteiger partial charge in [-0.1, -0.05) is 6.07 Å². The first kappa shape index (κ1) is 8.73. The highest BCUT2D eigenvalue weighted by Gasteiger charge is 2.23. The van der Waals surface area contributed by atoms with Gasteiger partial charge in [0.05, 0.1) is 13.0 Å². The molecule has 0 saturated carbocycles. The van der Waals surface area contributed by atoms with E-state index in [2.05, 4.69) is 5.32 Å². The van der Waals surface area contributed by atoms with Crippen LogP contribution in [0.25, 0.3) is 0 Å². The molecular formula is C11H11NO3. The summed E-state index contributed by atoms with van der Waals surface area (Å²) >= 11 is 0. The number of nitrogens with one attached hydrogen (secondary N) is 1. The lowest BCUT2D eigenvalue weighted by molar-refractivity contribution is -0.115. The predicted octanol–water partition coefficient (Wildman–Crippen LogP) is 0.959. The second-order valence-electron chi connectivity index (χ2n) is 3.81. The maximum absolute atomic E-state index is 11.1. The SMILES string of the molecule is O=C1Cc2ccc(OC[C@@H]3CO3)cc2N1. The quantitative estimate of drug-likeness (QED) is 0.748. The molecule has 3 rings (SSSR count). The van der Waals surface area contributed by atoms with Gasteiger partial charge in [0.15, 0.2) is 0 Å². The topological polar surface area (TPSA) is 50.9 Å². The summed E-state index contributed by atoms with van der Waals surface area (Å²) in [6.45, 7) is 1.38. The number of benzene rings is 1. The van der Waals surface area contributed by atoms with Crippen molar-refractivity contribution in [3.8, 4) is 5.75 Å². The van der Waals surface area contributed by atoms with Crippen molar-refractivity contribution in [2.45, 2.75) is 12.5 Å². The third kappa shape index (κ3) is 1.80. The molecule has 1 fully saturated rings. The molecule has 1 aromatic carbocycles. The number of ether oxygens (including phenoxy) is 2. The van der Waals surface area contributed by atoms with Crippen LogP contribution < -0.4 is 10.1 Å². The Labute approximate surface area is 87.2 Å². The van der Waals surface area contributed by atoms with E-state index in [9.17, 15) is 4.79 Å². The van der Waals surface area contributed by atoms with Crippen molar-refractivity contribution < 1.29 is 14.3 Å². The molecule has 2 heterocycles. The molecular weight excluding hydrogens is 194 g/mol. The van der Waals surface area contributed by atoms with Gasteiger partial charge < -0.3 is 14.8 Å². The van der Waals surface area contributed by atoms with E-state index in [4.69, 9.17) is 9.47 Å². The van der Waals surface area contributed by atoms with Gasteiger partial charge in [-0.3, -0.25) is 4.79 Å². The van der Waals surface area contributed by atoms with Gasteiger partial charge >= 0.3 is 0 Å². The van der Waals surface area contributed by atoms with Crippen LogP contribution in [0.5, 0.6) is 5.75 Å². The monoisotopic (exact) mass is 205 g/mol. The summed E-state index contributed by atoms with van der Waals surface area (Å²) in [5.74, 6) is 0.833. The maximum atomic E-state index is 11.1. The van der Waals surface area contributed by atoms with Gasteiger partial charge in [-0.2, -0.15) is 0 Å². The summed E-state index contributed by atoms with van der Waals surface area (Å²) in [6, 6.07) is 5.68. The standard InChI is InChI=1S/C11H11NO3/c13-11-3-7-1-2-8(4-10(7)12-11)14-5-9-6-15-9/h1-2,4,9H,3,5-6H2,(H,12,13)/t9-/m1/s1. The van der Waals surface area contributed by atoms with Crippen LogP contribution in [0.2, 0.25) is 0 Å². The number of amides is 1. The zero-order chi connectivity index (χ0) is 10.3. The van der Waals surface area contributed by atoms with Crippen LogP contribution in [0.1, 0.15) is 5.56 Å². The van der Waals surface area contributed by atoms with Gasteiger partial charge in [0.25, 0.3) is 0 Å². The number of anilines is 1. The summed E-state index contributed by atoms with van der Waals surface area (Å²) in [6.07, 6.45) is 0.731. The highest BCUT2D eigenvalue weighted by Crippen LogP contribution is 2.27. The summed E-state index contributed by atoms with van der Waals surface area (Å²) < 4.78 is 10.6. The van der Waals surface area contributed by atoms with Gasteiger partial charge in [-0.05, 0) is 11.6 Å². The second-order valence-corrected chi connectivity index (χ2v) is 3.81. The molecule has 4 heteroatoms. The first-order chi connectivity index (χ1) is 7.31. The lowest BCUT2D eigenvalue weighted by Gasteiger charge is -2.05. The van der Waals surface area contributed by atoms with E-state index in [-0.39, 0.29) is 12.0 Å². The highest BCUT2D eigenvalue weighted by atomic mass is 16.6. The normalized spacial score (nSPS) is 22.1. The van der Waals surface area contributed by atoms with E-state index in [1.54, 1.807) is 0 Å². The van der Waals surface area contributed by atoms with Crippen molar-refractivity contribution in [1.82, 2.24) is 0 Å². The molecule has 1 N–H and O–H groups in total. The van der Waals surface area contributed by atoms with Crippen LogP contribution in [0, 0.1) is 0 Å². The third-order valence-corrected chi connectivity index (χ3v) is 2.54. The minimum absolute atomic E-state index is 0.0488. The number of carbonyl (C=O) groups is 1. The number of carbonyl (C=O) groups excluding carboxylic acids is 1. The van der Waals surface area contributed by atoms with Crippen LogP contribution in [0.3, 0.4) is 0 Å². The Kier molecular flexibility index (Phi) is 1.89. The van der Waals surface area contributed by atoms with Crippen LogP contribution in [0.4, 0.5) is 5.69 Å². The van der Waals surface area contributed by atoms with E-state index in [0.29, 0.717) is 13.0 Å². The van der Waals surface area contributed by atoms with Gasteiger partial charge in [0.2, 0.25) is 5.91 Å². The van der Waals surface area contributed by atoms with Crippen molar-refractivity contribution in [2.24, 2.45) is 0 Å². The molecule has 0 aromatic heterocycles. The zero-order valence-electron chi connectivity index (χ0n) is 8.16. The Balaban J connectivity index is 1.74. The molecule has 0 unspecified atom stereocenters. The predicted molar refractivity (Wildman–Crippen MR) is 54.0 cm³/mol. The fourth-order valence-electron chi connectivity index (χ4n) is 1.64. The lowest BCUT2D eigenvalue weighted by atomic mass is 10.1. The van der Waals surface area contributed by atoms with Crippen LogP contribution >= 0.6 is 0 Å². The molecule has 78 valence electrons. The zero-order valence-corrected chi connectivity index (χ0v) is 8.16. The number of epoxide rings is 1. The van der Waals surface area contributed by atoms with E-state index in [1.165, 1.54) is 0 Å². The van der Waals surface area contributed by atoms with E-state index < -0.39 is 0 Å². The molecule has 1 aromatic rings. The van der Waals surface area contributed by atoms with Crippen LogP contribution in [0.15, 0.2) is 18.2 Å². The van der Waals surface area contributed by atoms with Crippen LogP contribution in [-0.4, -0.2) is 25.2 Å². The number of fused-ring (bicyclic) bond motifs is 1. The minimum Gasteiger partial charge on any atom is -0.491 e. The number of hydrogen-bond donors (Lipinski definition) is 1. The average molecular weight is 205 g/mol. The molecule has 1 amide bonds. The minimum atomic E-state index is 0.0488. The Morgan fingerprint density at radius 3 is 3.20 bits per heavy atom. The van der Waals surface area contributed by atoms with Crippen molar-refractivity contribution in [3.63, 3.8) is 0 Å². The molecule has 1 saturated heterocycles. The van der Waals surface area contributed by atoms with Crippen molar-refractivity contribution >= 4 is 11.6 Å². The fourth-order valence-corrected chi connectivity index (χ4v) is 1.64. The number of hydrogen-bond acceptors (Lipinski definition) is 3. The Bertz CT molecular complexity index is 412. The molecule has 0 bridgehead atoms. The van der Waals surface area contributed by atoms with Gasteiger partial charge in [-0.25, -0.2) is 0 Å². The Morgan fingerprint density at radius 1 is 1.53 bits per heavy atom. The number of rotatable bonds is 3. The second kappa shape index (κ2) is 3.24. The van der Waals surface area contributed by atoms with E-state index >= 15 is 0 Å². The Hall–Kier alpha value is -1.55. The molecule has 2 aliphatic rings. The van der Waals surface area contributed by atoms with E-state index in [1.807, 2.05) is 18.2 Å². The summed E-state index contributed by atoms with van der Waals surface area (Å²) in [5, 5.41) is 2.79. The van der Waals surface area contributed by atoms with Crippen LogP contribution in [-0.2, 0) is 16.0 Å². The third-order valence-electron chi connectivity index (χ3n) is 2.54. The van der Waals surface area contributed by atoms with Gasteiger partial charge in [0.1, 0.15) is 18.5 Å². The fraction of sp³-hybridized carbons (Fsp3) is 0.364. The molecule has 1 atom stereocenters. The first-order valence-corrected chi connectivity index (χ1v) is 4.98. The van der Waals surface area contributed by atoms with Crippen molar-refractivity contribution in [2.75, 3.05) is 18.5 Å². The average Bonchev–Trinajstić information content (AvgIpc) is 2.96. The summed E-state index contributed by atoms with van der Waals surface area (Å²) in [4.78, 5) is 11.1. The summed E-state index contributed by atoms with van der Waals surface area (Å²) in [7, 11) is 0. The van der Waals surface area contributed by atoms with Gasteiger partial charge in [0, 0.05) is 11.8 Å². The summed E-state index contributed by atoms with van der Waals surface area (Å²) in [5.41, 5.74) is 1.91. The Morgan fingerprint density at radius 2 is 2.40 bits per heavy atom. The van der Waals surface area contributed by atoms with Crippen molar-refractivity contribution in [3.05, 3.63) is 23.8 Å². The lowest BCUT2D eigenvalue weighted by Crippen LogP contribution is -2.05. The molecule has 4 nitrogen and oxygen atoms in total. The highest BCUT2D eigenvalue weighted by molar-refractivity contribution is 5.99. The first-order valence-electron chi connectivity index (χ1n) is 4.98. The molecule has 0 radical (unpaired) electrons. The maximum Gasteiger partial charge on any atom is 0.228 e. The molecule has 2 aliphatic heterocycles. The molecule has 0 aliphatic carbocycles. The smallest absolute Gasteiger partial charge is 0.228 e. The molecule has 15 heavy (non-hydrogen) atoms.